The first-order valence-electron chi connectivity index (χ1n) is 29.1. The third-order valence-electron chi connectivity index (χ3n) is 19.6. The van der Waals surface area contributed by atoms with Gasteiger partial charge in [-0.15, -0.1) is 11.3 Å². The second-order valence-corrected chi connectivity index (χ2v) is 28.9. The summed E-state index contributed by atoms with van der Waals surface area (Å²) >= 11 is 1.99. The molecule has 80 heavy (non-hydrogen) atoms. The van der Waals surface area contributed by atoms with Gasteiger partial charge in [-0.25, -0.2) is 4.98 Å². The van der Waals surface area contributed by atoms with Crippen LogP contribution in [-0.4, -0.2) is 21.0 Å². The van der Waals surface area contributed by atoms with E-state index in [9.17, 15) is 0 Å². The van der Waals surface area contributed by atoms with Crippen LogP contribution in [-0.2, 0) is 27.1 Å². The maximum atomic E-state index is 5.72. The van der Waals surface area contributed by atoms with Crippen molar-refractivity contribution in [2.45, 2.75) is 123 Å². The number of para-hydroxylation sites is 1. The number of anilines is 2. The summed E-state index contributed by atoms with van der Waals surface area (Å²) in [6.07, 6.45) is 2.37. The first kappa shape index (κ1) is 48.3. The average molecular weight is 1060 g/mol. The van der Waals surface area contributed by atoms with E-state index < -0.39 is 0 Å². The molecule has 6 heteroatoms. The van der Waals surface area contributed by atoms with Crippen molar-refractivity contribution < 1.29 is 0 Å². The van der Waals surface area contributed by atoms with Crippen LogP contribution < -0.4 is 15.7 Å². The summed E-state index contributed by atoms with van der Waals surface area (Å²) in [6, 6.07) is 63.5. The number of aromatic nitrogens is 3. The fourth-order valence-electron chi connectivity index (χ4n) is 15.2. The van der Waals surface area contributed by atoms with E-state index in [2.05, 4.69) is 261 Å². The Balaban J connectivity index is 1.12. The molecule has 0 spiro atoms. The van der Waals surface area contributed by atoms with Crippen molar-refractivity contribution in [1.29, 1.82) is 0 Å². The van der Waals surface area contributed by atoms with Gasteiger partial charge < -0.3 is 9.38 Å². The summed E-state index contributed by atoms with van der Waals surface area (Å²) in [5.74, 6) is 0.936. The van der Waals surface area contributed by atoms with Crippen LogP contribution >= 0.6 is 11.3 Å². The minimum absolute atomic E-state index is 0.00891. The zero-order valence-corrected chi connectivity index (χ0v) is 49.1. The summed E-state index contributed by atoms with van der Waals surface area (Å²) < 4.78 is 7.82. The smallest absolute Gasteiger partial charge is 0.333 e. The molecule has 0 saturated heterocycles. The quantitative estimate of drug-likeness (QED) is 0.165. The highest BCUT2D eigenvalue weighted by atomic mass is 32.1. The lowest BCUT2D eigenvalue weighted by atomic mass is 9.43. The van der Waals surface area contributed by atoms with Crippen LogP contribution in [0.5, 0.6) is 0 Å². The molecular weight excluding hydrogens is 988 g/mol. The molecule has 4 nitrogen and oxygen atoms in total. The summed E-state index contributed by atoms with van der Waals surface area (Å²) in [4.78, 5) is 8.48. The van der Waals surface area contributed by atoms with Crippen molar-refractivity contribution in [3.63, 3.8) is 0 Å². The Morgan fingerprint density at radius 2 is 1.15 bits per heavy atom. The maximum absolute atomic E-state index is 5.72. The van der Waals surface area contributed by atoms with Gasteiger partial charge in [0.2, 0.25) is 0 Å². The fourth-order valence-corrected chi connectivity index (χ4v) is 16.4. The molecule has 0 N–H and O–H groups in total. The highest BCUT2D eigenvalue weighted by molar-refractivity contribution is 7.25. The van der Waals surface area contributed by atoms with Crippen molar-refractivity contribution in [2.24, 2.45) is 0 Å². The number of thiophene rings is 1. The number of benzene rings is 9. The largest absolute Gasteiger partial charge is 0.376 e. The molecule has 0 radical (unpaired) electrons. The standard InChI is InChI=1S/C74H67BN4S/c1-70(2,3)43-27-30-46(31-28-43)79-58-37-49-48-36-53-54(73(9,10)34-33-72(53,7)8)39-62(48)80-61(49)38-51(58)64-63-47-25-19-20-26-52(47)74(11,12)66(63)65-50-35-44(71(4,5)6)29-32-57(50)78-59-41-60-56(40-55(59)75(79)67(64)68(65)78)76-69(42-21-15-13-16-22-42)77(60)45-23-17-14-18-24-45/h13-32,35-41H,33-34H2,1-12H3. The Morgan fingerprint density at radius 3 is 1.86 bits per heavy atom. The number of rotatable bonds is 3. The van der Waals surface area contributed by atoms with E-state index in [-0.39, 0.29) is 33.9 Å². The van der Waals surface area contributed by atoms with E-state index in [4.69, 9.17) is 4.98 Å². The van der Waals surface area contributed by atoms with Crippen LogP contribution in [0.2, 0.25) is 0 Å². The van der Waals surface area contributed by atoms with Gasteiger partial charge in [0.15, 0.2) is 0 Å². The molecule has 2 aliphatic carbocycles. The Hall–Kier alpha value is -7.67. The number of imidazole rings is 1. The lowest BCUT2D eigenvalue weighted by Gasteiger charge is -2.43. The molecule has 5 heterocycles. The van der Waals surface area contributed by atoms with Crippen molar-refractivity contribution in [1.82, 2.24) is 14.1 Å². The lowest BCUT2D eigenvalue weighted by Crippen LogP contribution is -2.60. The van der Waals surface area contributed by atoms with E-state index >= 15 is 0 Å². The molecule has 0 saturated carbocycles. The van der Waals surface area contributed by atoms with E-state index in [1.807, 2.05) is 11.3 Å². The van der Waals surface area contributed by atoms with Gasteiger partial charge in [0.1, 0.15) is 5.82 Å². The average Bonchev–Trinajstić information content (AvgIpc) is 4.11. The van der Waals surface area contributed by atoms with Crippen LogP contribution in [0.3, 0.4) is 0 Å². The molecule has 0 amide bonds. The van der Waals surface area contributed by atoms with E-state index in [1.54, 1.807) is 0 Å². The van der Waals surface area contributed by atoms with Gasteiger partial charge in [-0.1, -0.05) is 174 Å². The lowest BCUT2D eigenvalue weighted by molar-refractivity contribution is 0.332. The number of hydrogen-bond acceptors (Lipinski definition) is 3. The zero-order valence-electron chi connectivity index (χ0n) is 48.3. The normalized spacial score (nSPS) is 16.4. The van der Waals surface area contributed by atoms with Crippen molar-refractivity contribution in [2.75, 3.05) is 4.81 Å². The van der Waals surface area contributed by atoms with Gasteiger partial charge in [-0.2, -0.15) is 0 Å². The first-order chi connectivity index (χ1) is 38.2. The summed E-state index contributed by atoms with van der Waals surface area (Å²) in [7, 11) is 0. The number of fused-ring (bicyclic) bond motifs is 18. The molecule has 0 bridgehead atoms. The minimum atomic E-state index is -0.297. The molecule has 3 aromatic heterocycles. The Morgan fingerprint density at radius 1 is 0.512 bits per heavy atom. The molecule has 12 aromatic rings. The fraction of sp³-hybridized carbons (Fsp3) is 0.257. The second kappa shape index (κ2) is 15.8. The molecule has 9 aromatic carbocycles. The van der Waals surface area contributed by atoms with Crippen molar-refractivity contribution in [3.05, 3.63) is 197 Å². The third kappa shape index (κ3) is 6.43. The van der Waals surface area contributed by atoms with Crippen LogP contribution in [0.15, 0.2) is 164 Å². The Labute approximate surface area is 474 Å². The Bertz CT molecular complexity index is 4680. The van der Waals surface area contributed by atoms with Gasteiger partial charge >= 0.3 is 6.85 Å². The highest BCUT2D eigenvalue weighted by Gasteiger charge is 2.50. The summed E-state index contributed by atoms with van der Waals surface area (Å²) in [5.41, 5.74) is 26.9. The van der Waals surface area contributed by atoms with Gasteiger partial charge in [-0.05, 0) is 168 Å². The van der Waals surface area contributed by atoms with Gasteiger partial charge in [0, 0.05) is 70.2 Å². The summed E-state index contributed by atoms with van der Waals surface area (Å²) in [6.45, 7) is 28.7. The van der Waals surface area contributed by atoms with E-state index in [1.165, 1.54) is 138 Å². The molecule has 4 aliphatic rings. The molecule has 16 rings (SSSR count). The van der Waals surface area contributed by atoms with Crippen LogP contribution in [0.4, 0.5) is 11.4 Å². The third-order valence-corrected chi connectivity index (χ3v) is 20.7. The molecule has 2 aliphatic heterocycles. The first-order valence-corrected chi connectivity index (χ1v) is 29.9. The highest BCUT2D eigenvalue weighted by Crippen LogP contribution is 2.60. The van der Waals surface area contributed by atoms with E-state index in [0.29, 0.717) is 0 Å². The zero-order chi connectivity index (χ0) is 54.9. The maximum Gasteiger partial charge on any atom is 0.333 e. The van der Waals surface area contributed by atoms with Gasteiger partial charge in [0.25, 0.3) is 0 Å². The summed E-state index contributed by atoms with van der Waals surface area (Å²) in [5, 5.41) is 5.41. The van der Waals surface area contributed by atoms with E-state index in [0.717, 1.165) is 28.1 Å². The predicted octanol–water partition coefficient (Wildman–Crippen LogP) is 18.6. The minimum Gasteiger partial charge on any atom is -0.376 e. The van der Waals surface area contributed by atoms with Crippen molar-refractivity contribution in [3.8, 4) is 45.0 Å². The van der Waals surface area contributed by atoms with Crippen molar-refractivity contribution >= 4 is 93.5 Å². The van der Waals surface area contributed by atoms with Crippen LogP contribution in [0.1, 0.15) is 129 Å². The van der Waals surface area contributed by atoms with Gasteiger partial charge in [-0.3, -0.25) is 4.57 Å². The molecule has 392 valence electrons. The van der Waals surface area contributed by atoms with Crippen LogP contribution in [0, 0.1) is 0 Å². The Kier molecular flexibility index (Phi) is 9.55. The molecule has 0 fully saturated rings. The predicted molar refractivity (Wildman–Crippen MR) is 343 cm³/mol. The molecule has 0 unspecified atom stereocenters. The van der Waals surface area contributed by atoms with Crippen LogP contribution in [0.25, 0.3) is 98.0 Å². The number of nitrogens with zero attached hydrogens (tertiary/aromatic N) is 4. The molecular formula is C74H67BN4S. The topological polar surface area (TPSA) is 26.0 Å². The van der Waals surface area contributed by atoms with Gasteiger partial charge in [0.05, 0.1) is 22.1 Å². The molecule has 0 atom stereocenters. The monoisotopic (exact) mass is 1050 g/mol. The SMILES string of the molecule is CC(C)(C)c1ccc(N2B3c4cc5nc(-c6ccccc6)n(-c6ccccc6)c5cc4-n4c5ccc(C(C)(C)C)cc5c5c6c(c(c3c54)-c3cc4sc5cc7c(cc5c4cc32)C(C)(C)CCC7(C)C)-c2ccccc2C6(C)C)cc1. The number of hydrogen-bond donors (Lipinski definition) is 0. The second-order valence-electron chi connectivity index (χ2n) is 27.8.